The smallest absolute Gasteiger partial charge is 0.255 e. The summed E-state index contributed by atoms with van der Waals surface area (Å²) in [4.78, 5) is 12.6. The van der Waals surface area contributed by atoms with Crippen molar-refractivity contribution < 1.29 is 9.18 Å². The number of halogens is 2. The Hall–Kier alpha value is -1.33. The number of thiol groups is 1. The minimum atomic E-state index is -0.486. The second-order valence-electron chi connectivity index (χ2n) is 3.60. The molecule has 0 fully saturated rings. The van der Waals surface area contributed by atoms with Crippen LogP contribution in [0.25, 0.3) is 0 Å². The van der Waals surface area contributed by atoms with E-state index in [1.807, 2.05) is 0 Å². The van der Waals surface area contributed by atoms with Crippen molar-refractivity contribution in [1.29, 1.82) is 0 Å². The van der Waals surface area contributed by atoms with Crippen LogP contribution in [0.5, 0.6) is 0 Å². The van der Waals surface area contributed by atoms with Gasteiger partial charge in [0.05, 0.1) is 5.69 Å². The van der Waals surface area contributed by atoms with E-state index in [4.69, 9.17) is 0 Å². The molecule has 1 N–H and O–H groups in total. The van der Waals surface area contributed by atoms with Crippen molar-refractivity contribution in [1.82, 2.24) is 0 Å². The van der Waals surface area contributed by atoms with Gasteiger partial charge in [-0.1, -0.05) is 12.1 Å². The Morgan fingerprint density at radius 2 is 1.94 bits per heavy atom. The van der Waals surface area contributed by atoms with Crippen LogP contribution >= 0.6 is 28.6 Å². The molecule has 5 heteroatoms. The van der Waals surface area contributed by atoms with Gasteiger partial charge in [0.2, 0.25) is 0 Å². The third-order valence-electron chi connectivity index (χ3n) is 2.31. The largest absolute Gasteiger partial charge is 0.319 e. The topological polar surface area (TPSA) is 29.1 Å². The van der Waals surface area contributed by atoms with E-state index in [2.05, 4.69) is 33.9 Å². The lowest BCUT2D eigenvalue weighted by Gasteiger charge is -2.08. The van der Waals surface area contributed by atoms with Crippen molar-refractivity contribution in [2.24, 2.45) is 0 Å². The van der Waals surface area contributed by atoms with E-state index >= 15 is 0 Å². The average Bonchev–Trinajstić information content (AvgIpc) is 2.34. The summed E-state index contributed by atoms with van der Waals surface area (Å²) in [5.74, 6) is -0.864. The number of amides is 1. The molecule has 0 aromatic heterocycles. The SMILES string of the molecule is O=C(Nc1c(F)cccc1Br)c1cccc(S)c1. The molecule has 0 unspecified atom stereocenters. The molecule has 18 heavy (non-hydrogen) atoms. The van der Waals surface area contributed by atoms with E-state index < -0.39 is 5.82 Å². The van der Waals surface area contributed by atoms with E-state index in [9.17, 15) is 9.18 Å². The molecule has 2 aromatic rings. The fourth-order valence-corrected chi connectivity index (χ4v) is 2.12. The number of carbonyl (C=O) groups excluding carboxylic acids is 1. The Kier molecular flexibility index (Phi) is 4.04. The van der Waals surface area contributed by atoms with Crippen LogP contribution in [0.15, 0.2) is 51.8 Å². The molecule has 0 spiro atoms. The standard InChI is InChI=1S/C13H9BrFNOS/c14-10-5-2-6-11(15)12(10)16-13(17)8-3-1-4-9(18)7-8/h1-7,18H,(H,16,17). The maximum absolute atomic E-state index is 13.5. The lowest BCUT2D eigenvalue weighted by Crippen LogP contribution is -2.13. The number of benzene rings is 2. The van der Waals surface area contributed by atoms with Gasteiger partial charge < -0.3 is 5.32 Å². The Morgan fingerprint density at radius 3 is 2.61 bits per heavy atom. The first kappa shape index (κ1) is 13.1. The maximum atomic E-state index is 13.5. The molecule has 2 aromatic carbocycles. The maximum Gasteiger partial charge on any atom is 0.255 e. The molecule has 0 aliphatic heterocycles. The zero-order valence-corrected chi connectivity index (χ0v) is 11.6. The predicted molar refractivity (Wildman–Crippen MR) is 75.7 cm³/mol. The first-order chi connectivity index (χ1) is 8.58. The highest BCUT2D eigenvalue weighted by Gasteiger charge is 2.11. The van der Waals surface area contributed by atoms with Gasteiger partial charge in [0.25, 0.3) is 5.91 Å². The molecule has 2 nitrogen and oxygen atoms in total. The first-order valence-corrected chi connectivity index (χ1v) is 6.36. The number of para-hydroxylation sites is 1. The van der Waals surface area contributed by atoms with Crippen molar-refractivity contribution in [3.05, 3.63) is 58.3 Å². The molecule has 0 saturated heterocycles. The molecule has 92 valence electrons. The molecular weight excluding hydrogens is 317 g/mol. The average molecular weight is 326 g/mol. The highest BCUT2D eigenvalue weighted by atomic mass is 79.9. The fourth-order valence-electron chi connectivity index (χ4n) is 1.45. The third-order valence-corrected chi connectivity index (χ3v) is 3.25. The number of nitrogens with one attached hydrogen (secondary N) is 1. The monoisotopic (exact) mass is 325 g/mol. The minimum absolute atomic E-state index is 0.132. The van der Waals surface area contributed by atoms with E-state index in [-0.39, 0.29) is 11.6 Å². The van der Waals surface area contributed by atoms with Gasteiger partial charge in [-0.05, 0) is 46.3 Å². The van der Waals surface area contributed by atoms with Crippen LogP contribution in [0.2, 0.25) is 0 Å². The highest BCUT2D eigenvalue weighted by molar-refractivity contribution is 9.10. The van der Waals surface area contributed by atoms with E-state index in [1.165, 1.54) is 6.07 Å². The summed E-state index contributed by atoms with van der Waals surface area (Å²) in [6.45, 7) is 0. The van der Waals surface area contributed by atoms with E-state index in [1.54, 1.807) is 36.4 Å². The minimum Gasteiger partial charge on any atom is -0.319 e. The van der Waals surface area contributed by atoms with Crippen LogP contribution in [0.1, 0.15) is 10.4 Å². The molecule has 2 rings (SSSR count). The van der Waals surface area contributed by atoms with Crippen LogP contribution in [0, 0.1) is 5.82 Å². The van der Waals surface area contributed by atoms with Gasteiger partial charge in [-0.25, -0.2) is 4.39 Å². The quantitative estimate of drug-likeness (QED) is 0.799. The third kappa shape index (κ3) is 2.91. The second kappa shape index (κ2) is 5.54. The van der Waals surface area contributed by atoms with Crippen molar-refractivity contribution in [2.45, 2.75) is 4.90 Å². The van der Waals surface area contributed by atoms with Gasteiger partial charge in [0.1, 0.15) is 5.82 Å². The van der Waals surface area contributed by atoms with Gasteiger partial charge in [-0.3, -0.25) is 4.79 Å². The molecular formula is C13H9BrFNOS. The summed E-state index contributed by atoms with van der Waals surface area (Å²) in [5, 5.41) is 2.53. The number of hydrogen-bond acceptors (Lipinski definition) is 2. The number of carbonyl (C=O) groups is 1. The van der Waals surface area contributed by atoms with Crippen LogP contribution < -0.4 is 5.32 Å². The Balaban J connectivity index is 2.27. The fraction of sp³-hybridized carbons (Fsp3) is 0. The van der Waals surface area contributed by atoms with Crippen molar-refractivity contribution >= 4 is 40.2 Å². The van der Waals surface area contributed by atoms with E-state index in [0.717, 1.165) is 0 Å². The van der Waals surface area contributed by atoms with E-state index in [0.29, 0.717) is 14.9 Å². The summed E-state index contributed by atoms with van der Waals surface area (Å²) in [5.41, 5.74) is 0.560. The summed E-state index contributed by atoms with van der Waals surface area (Å²) in [6.07, 6.45) is 0. The highest BCUT2D eigenvalue weighted by Crippen LogP contribution is 2.25. The molecule has 0 aliphatic carbocycles. The molecule has 1 amide bonds. The molecule has 0 bridgehead atoms. The second-order valence-corrected chi connectivity index (χ2v) is 4.97. The molecule has 0 radical (unpaired) electrons. The first-order valence-electron chi connectivity index (χ1n) is 5.12. The molecule has 0 heterocycles. The molecule has 0 atom stereocenters. The van der Waals surface area contributed by atoms with Gasteiger partial charge in [0.15, 0.2) is 0 Å². The Labute approximate surface area is 118 Å². The van der Waals surface area contributed by atoms with Crippen molar-refractivity contribution in [3.63, 3.8) is 0 Å². The van der Waals surface area contributed by atoms with Gasteiger partial charge in [-0.2, -0.15) is 0 Å². The van der Waals surface area contributed by atoms with Crippen molar-refractivity contribution in [3.8, 4) is 0 Å². The zero-order valence-electron chi connectivity index (χ0n) is 9.15. The summed E-state index contributed by atoms with van der Waals surface area (Å²) in [6, 6.07) is 11.2. The molecule has 0 saturated carbocycles. The summed E-state index contributed by atoms with van der Waals surface area (Å²) in [7, 11) is 0. The number of rotatable bonds is 2. The number of anilines is 1. The zero-order chi connectivity index (χ0) is 13.1. The van der Waals surface area contributed by atoms with Gasteiger partial charge >= 0.3 is 0 Å². The summed E-state index contributed by atoms with van der Waals surface area (Å²) < 4.78 is 14.0. The van der Waals surface area contributed by atoms with Crippen LogP contribution in [-0.4, -0.2) is 5.91 Å². The normalized spacial score (nSPS) is 10.2. The summed E-state index contributed by atoms with van der Waals surface area (Å²) >= 11 is 7.34. The van der Waals surface area contributed by atoms with Crippen LogP contribution in [-0.2, 0) is 0 Å². The molecule has 0 aliphatic rings. The predicted octanol–water partition coefficient (Wildman–Crippen LogP) is 4.13. The van der Waals surface area contributed by atoms with Crippen LogP contribution in [0.3, 0.4) is 0 Å². The Bertz CT molecular complexity index is 583. The lowest BCUT2D eigenvalue weighted by atomic mass is 10.2. The number of hydrogen-bond donors (Lipinski definition) is 2. The Morgan fingerprint density at radius 1 is 1.22 bits per heavy atom. The van der Waals surface area contributed by atoms with Gasteiger partial charge in [-0.15, -0.1) is 12.6 Å². The van der Waals surface area contributed by atoms with Gasteiger partial charge in [0, 0.05) is 14.9 Å². The van der Waals surface area contributed by atoms with Crippen molar-refractivity contribution in [2.75, 3.05) is 5.32 Å². The van der Waals surface area contributed by atoms with Crippen LogP contribution in [0.4, 0.5) is 10.1 Å². The lowest BCUT2D eigenvalue weighted by molar-refractivity contribution is 0.102.